The van der Waals surface area contributed by atoms with E-state index in [1.807, 2.05) is 0 Å². The van der Waals surface area contributed by atoms with E-state index < -0.39 is 0 Å². The predicted octanol–water partition coefficient (Wildman–Crippen LogP) is 3.47. The molecule has 2 fully saturated rings. The Labute approximate surface area is 166 Å². The highest BCUT2D eigenvalue weighted by Gasteiger charge is 2.41. The number of benzene rings is 1. The van der Waals surface area contributed by atoms with E-state index in [4.69, 9.17) is 9.47 Å². The van der Waals surface area contributed by atoms with Gasteiger partial charge in [-0.3, -0.25) is 9.69 Å². The summed E-state index contributed by atoms with van der Waals surface area (Å²) in [5, 5.41) is 0. The van der Waals surface area contributed by atoms with Crippen molar-refractivity contribution in [3.63, 3.8) is 0 Å². The van der Waals surface area contributed by atoms with Gasteiger partial charge in [0, 0.05) is 45.0 Å². The van der Waals surface area contributed by atoms with Crippen LogP contribution in [0.5, 0.6) is 5.75 Å². The standard InChI is InChI=1S/C22H31FN2O3/c1-15(12-24-18-4-5-19(24)10-16(9-18)7-8-27-2)13-25-20-11-17(23)3-6-21(20)28-14-22(25)26/h3,6,11,15-16,18-19H,4-5,7-10,12-14H2,1-2H3/t15?,16?,18-,19+. The van der Waals surface area contributed by atoms with E-state index in [1.165, 1.54) is 37.8 Å². The number of nitrogens with zero attached hydrogens (tertiary/aromatic N) is 2. The summed E-state index contributed by atoms with van der Waals surface area (Å²) >= 11 is 0. The molecule has 3 aliphatic heterocycles. The molecule has 0 aromatic heterocycles. The molecule has 0 aliphatic carbocycles. The van der Waals surface area contributed by atoms with Crippen LogP contribution in [0.3, 0.4) is 0 Å². The maximum atomic E-state index is 13.7. The van der Waals surface area contributed by atoms with Crippen molar-refractivity contribution in [3.8, 4) is 5.75 Å². The molecule has 0 N–H and O–H groups in total. The molecule has 4 rings (SSSR count). The highest BCUT2D eigenvalue weighted by Crippen LogP contribution is 2.40. The average Bonchev–Trinajstić information content (AvgIpc) is 2.90. The molecule has 6 heteroatoms. The fraction of sp³-hybridized carbons (Fsp3) is 0.682. The molecule has 1 amide bonds. The number of hydrogen-bond donors (Lipinski definition) is 0. The summed E-state index contributed by atoms with van der Waals surface area (Å²) in [4.78, 5) is 16.8. The number of carbonyl (C=O) groups is 1. The van der Waals surface area contributed by atoms with Crippen LogP contribution in [0.1, 0.15) is 39.0 Å². The van der Waals surface area contributed by atoms with Gasteiger partial charge in [-0.2, -0.15) is 0 Å². The molecule has 4 atom stereocenters. The summed E-state index contributed by atoms with van der Waals surface area (Å²) in [5.74, 6) is 1.25. The SMILES string of the molecule is COCCC1C[C@H]2CC[C@@H](C1)N2CC(C)CN1C(=O)COc2ccc(F)cc21. The molecule has 1 aromatic rings. The van der Waals surface area contributed by atoms with Gasteiger partial charge >= 0.3 is 0 Å². The third kappa shape index (κ3) is 4.03. The second-order valence-corrected chi connectivity index (χ2v) is 8.71. The second-order valence-electron chi connectivity index (χ2n) is 8.71. The summed E-state index contributed by atoms with van der Waals surface area (Å²) in [6, 6.07) is 5.72. The van der Waals surface area contributed by atoms with Crippen molar-refractivity contribution in [1.82, 2.24) is 4.90 Å². The molecule has 3 heterocycles. The first-order chi connectivity index (χ1) is 13.5. The first-order valence-electron chi connectivity index (χ1n) is 10.5. The molecule has 3 aliphatic rings. The van der Waals surface area contributed by atoms with Gasteiger partial charge in [-0.05, 0) is 56.1 Å². The molecular formula is C22H31FN2O3. The normalized spacial score (nSPS) is 28.2. The van der Waals surface area contributed by atoms with Gasteiger partial charge in [0.2, 0.25) is 0 Å². The van der Waals surface area contributed by atoms with Crippen molar-refractivity contribution in [3.05, 3.63) is 24.0 Å². The Kier molecular flexibility index (Phi) is 5.88. The maximum absolute atomic E-state index is 13.7. The zero-order chi connectivity index (χ0) is 19.7. The summed E-state index contributed by atoms with van der Waals surface area (Å²) < 4.78 is 24.5. The molecule has 154 valence electrons. The van der Waals surface area contributed by atoms with Crippen LogP contribution in [-0.2, 0) is 9.53 Å². The number of amides is 1. The van der Waals surface area contributed by atoms with Gasteiger partial charge in [-0.1, -0.05) is 6.92 Å². The van der Waals surface area contributed by atoms with Gasteiger partial charge in [0.15, 0.2) is 6.61 Å². The third-order valence-electron chi connectivity index (χ3n) is 6.59. The summed E-state index contributed by atoms with van der Waals surface area (Å²) in [7, 11) is 1.78. The Morgan fingerprint density at radius 1 is 1.25 bits per heavy atom. The Balaban J connectivity index is 1.38. The van der Waals surface area contributed by atoms with Crippen LogP contribution in [0, 0.1) is 17.7 Å². The highest BCUT2D eigenvalue weighted by atomic mass is 19.1. The fourth-order valence-corrected chi connectivity index (χ4v) is 5.31. The van der Waals surface area contributed by atoms with Crippen molar-refractivity contribution >= 4 is 11.6 Å². The molecule has 0 spiro atoms. The number of methoxy groups -OCH3 is 1. The van der Waals surface area contributed by atoms with Gasteiger partial charge in [-0.25, -0.2) is 4.39 Å². The van der Waals surface area contributed by atoms with Crippen LogP contribution in [0.25, 0.3) is 0 Å². The molecule has 0 radical (unpaired) electrons. The molecule has 2 bridgehead atoms. The Morgan fingerprint density at radius 2 is 2.00 bits per heavy atom. The molecular weight excluding hydrogens is 359 g/mol. The lowest BCUT2D eigenvalue weighted by Gasteiger charge is -2.41. The zero-order valence-electron chi connectivity index (χ0n) is 16.9. The van der Waals surface area contributed by atoms with Crippen LogP contribution in [0.4, 0.5) is 10.1 Å². The molecule has 2 saturated heterocycles. The van der Waals surface area contributed by atoms with Crippen LogP contribution in [0.2, 0.25) is 0 Å². The van der Waals surface area contributed by atoms with Gasteiger partial charge in [0.1, 0.15) is 11.6 Å². The van der Waals surface area contributed by atoms with Gasteiger partial charge in [0.05, 0.1) is 5.69 Å². The lowest BCUT2D eigenvalue weighted by molar-refractivity contribution is -0.121. The van der Waals surface area contributed by atoms with Crippen molar-refractivity contribution in [2.75, 3.05) is 38.3 Å². The number of hydrogen-bond acceptors (Lipinski definition) is 4. The maximum Gasteiger partial charge on any atom is 0.265 e. The van der Waals surface area contributed by atoms with Crippen LogP contribution in [0.15, 0.2) is 18.2 Å². The second kappa shape index (κ2) is 8.37. The van der Waals surface area contributed by atoms with E-state index in [1.54, 1.807) is 18.1 Å². The minimum atomic E-state index is -0.342. The van der Waals surface area contributed by atoms with Crippen LogP contribution in [-0.4, -0.2) is 56.3 Å². The fourth-order valence-electron chi connectivity index (χ4n) is 5.31. The number of halogens is 1. The number of fused-ring (bicyclic) bond motifs is 3. The topological polar surface area (TPSA) is 42.0 Å². The summed E-state index contributed by atoms with van der Waals surface area (Å²) in [6.07, 6.45) is 6.25. The quantitative estimate of drug-likeness (QED) is 0.715. The average molecular weight is 390 g/mol. The minimum Gasteiger partial charge on any atom is -0.482 e. The van der Waals surface area contributed by atoms with E-state index in [-0.39, 0.29) is 18.3 Å². The minimum absolute atomic E-state index is 0.0293. The van der Waals surface area contributed by atoms with Crippen molar-refractivity contribution < 1.29 is 18.7 Å². The lowest BCUT2D eigenvalue weighted by atomic mass is 9.88. The number of rotatable bonds is 7. The monoisotopic (exact) mass is 390 g/mol. The first-order valence-corrected chi connectivity index (χ1v) is 10.5. The van der Waals surface area contributed by atoms with E-state index >= 15 is 0 Å². The number of piperidine rings is 1. The largest absolute Gasteiger partial charge is 0.482 e. The summed E-state index contributed by atoms with van der Waals surface area (Å²) in [5.41, 5.74) is 0.560. The molecule has 2 unspecified atom stereocenters. The van der Waals surface area contributed by atoms with Crippen molar-refractivity contribution in [1.29, 1.82) is 0 Å². The van der Waals surface area contributed by atoms with E-state index in [9.17, 15) is 9.18 Å². The highest BCUT2D eigenvalue weighted by molar-refractivity contribution is 5.97. The van der Waals surface area contributed by atoms with Gasteiger partial charge in [-0.15, -0.1) is 0 Å². The molecule has 0 saturated carbocycles. The van der Waals surface area contributed by atoms with Gasteiger partial charge in [0.25, 0.3) is 5.91 Å². The third-order valence-corrected chi connectivity index (χ3v) is 6.59. The molecule has 28 heavy (non-hydrogen) atoms. The smallest absolute Gasteiger partial charge is 0.265 e. The Morgan fingerprint density at radius 3 is 2.71 bits per heavy atom. The molecule has 1 aromatic carbocycles. The summed E-state index contributed by atoms with van der Waals surface area (Å²) in [6.45, 7) is 4.67. The Bertz CT molecular complexity index is 699. The van der Waals surface area contributed by atoms with Crippen LogP contribution >= 0.6 is 0 Å². The Hall–Kier alpha value is -1.66. The molecule has 5 nitrogen and oxygen atoms in total. The lowest BCUT2D eigenvalue weighted by Crippen LogP contribution is -2.48. The zero-order valence-corrected chi connectivity index (χ0v) is 16.9. The first kappa shape index (κ1) is 19.6. The van der Waals surface area contributed by atoms with E-state index in [2.05, 4.69) is 11.8 Å². The van der Waals surface area contributed by atoms with Gasteiger partial charge < -0.3 is 14.4 Å². The van der Waals surface area contributed by atoms with Crippen LogP contribution < -0.4 is 9.64 Å². The number of carbonyl (C=O) groups excluding carboxylic acids is 1. The van der Waals surface area contributed by atoms with E-state index in [0.717, 1.165) is 25.5 Å². The number of ether oxygens (including phenoxy) is 2. The predicted molar refractivity (Wildman–Crippen MR) is 106 cm³/mol. The van der Waals surface area contributed by atoms with Crippen molar-refractivity contribution in [2.24, 2.45) is 11.8 Å². The van der Waals surface area contributed by atoms with Crippen molar-refractivity contribution in [2.45, 2.75) is 51.1 Å². The number of anilines is 1. The van der Waals surface area contributed by atoms with E-state index in [0.29, 0.717) is 36.0 Å².